The number of piperidine rings is 1. The van der Waals surface area contributed by atoms with Crippen molar-refractivity contribution < 1.29 is 9.59 Å². The minimum atomic E-state index is -0.112. The minimum absolute atomic E-state index is 0.0413. The minimum Gasteiger partial charge on any atom is -0.352 e. The lowest BCUT2D eigenvalue weighted by Gasteiger charge is -2.33. The summed E-state index contributed by atoms with van der Waals surface area (Å²) in [6, 6.07) is 11.7. The van der Waals surface area contributed by atoms with E-state index in [2.05, 4.69) is 25.3 Å². The summed E-state index contributed by atoms with van der Waals surface area (Å²) in [6.45, 7) is 2.13. The molecule has 30 heavy (non-hydrogen) atoms. The van der Waals surface area contributed by atoms with Crippen LogP contribution in [-0.2, 0) is 9.59 Å². The van der Waals surface area contributed by atoms with Crippen molar-refractivity contribution in [2.24, 2.45) is 5.10 Å². The third-order valence-corrected chi connectivity index (χ3v) is 5.38. The molecular weight excluding hydrogens is 380 g/mol. The van der Waals surface area contributed by atoms with Crippen LogP contribution in [0.4, 0.5) is 5.95 Å². The van der Waals surface area contributed by atoms with Gasteiger partial charge in [0.05, 0.1) is 12.3 Å². The zero-order chi connectivity index (χ0) is 20.8. The second-order valence-corrected chi connectivity index (χ2v) is 7.58. The Morgan fingerprint density at radius 1 is 1.03 bits per heavy atom. The van der Waals surface area contributed by atoms with Crippen molar-refractivity contribution in [2.75, 3.05) is 24.5 Å². The van der Waals surface area contributed by atoms with E-state index >= 15 is 0 Å². The van der Waals surface area contributed by atoms with Crippen molar-refractivity contribution in [2.45, 2.75) is 38.1 Å². The number of hydrogen-bond donors (Lipinski definition) is 1. The lowest BCUT2D eigenvalue weighted by atomic mass is 10.1. The Morgan fingerprint density at radius 3 is 2.63 bits per heavy atom. The first kappa shape index (κ1) is 20.0. The fourth-order valence-corrected chi connectivity index (χ4v) is 3.85. The highest BCUT2D eigenvalue weighted by molar-refractivity contribution is 6.02. The van der Waals surface area contributed by atoms with Crippen molar-refractivity contribution in [3.8, 4) is 0 Å². The van der Waals surface area contributed by atoms with Crippen LogP contribution in [0.15, 0.2) is 53.9 Å². The van der Waals surface area contributed by atoms with Crippen molar-refractivity contribution in [3.63, 3.8) is 0 Å². The molecule has 1 aromatic heterocycles. The highest BCUT2D eigenvalue weighted by atomic mass is 16.2. The van der Waals surface area contributed by atoms with Crippen LogP contribution in [0, 0.1) is 0 Å². The normalized spacial score (nSPS) is 18.8. The Morgan fingerprint density at radius 2 is 1.83 bits per heavy atom. The van der Waals surface area contributed by atoms with Gasteiger partial charge in [0.15, 0.2) is 0 Å². The zero-order valence-electron chi connectivity index (χ0n) is 16.9. The molecule has 1 atom stereocenters. The van der Waals surface area contributed by atoms with Crippen LogP contribution < -0.4 is 10.2 Å². The zero-order valence-corrected chi connectivity index (χ0v) is 16.9. The van der Waals surface area contributed by atoms with Crippen LogP contribution in [0.1, 0.15) is 37.7 Å². The molecule has 0 bridgehead atoms. The molecule has 2 aliphatic rings. The van der Waals surface area contributed by atoms with Gasteiger partial charge in [-0.1, -0.05) is 30.3 Å². The summed E-state index contributed by atoms with van der Waals surface area (Å²) in [5.74, 6) is 0.474. The molecule has 4 rings (SSSR count). The Labute approximate surface area is 176 Å². The Hall–Kier alpha value is -3.29. The Balaban J connectivity index is 1.24. The summed E-state index contributed by atoms with van der Waals surface area (Å²) in [7, 11) is 0. The first-order valence-electron chi connectivity index (χ1n) is 10.4. The number of hydrogen-bond acceptors (Lipinski definition) is 6. The number of carbonyl (C=O) groups excluding carboxylic acids is 2. The molecule has 8 nitrogen and oxygen atoms in total. The first-order chi connectivity index (χ1) is 14.7. The highest BCUT2D eigenvalue weighted by Crippen LogP contribution is 2.17. The molecule has 0 spiro atoms. The lowest BCUT2D eigenvalue weighted by molar-refractivity contribution is -0.133. The van der Waals surface area contributed by atoms with Gasteiger partial charge in [-0.3, -0.25) is 9.59 Å². The second-order valence-electron chi connectivity index (χ2n) is 7.58. The molecule has 1 aromatic carbocycles. The van der Waals surface area contributed by atoms with Gasteiger partial charge in [0.25, 0.3) is 0 Å². The number of hydrazone groups is 1. The third-order valence-electron chi connectivity index (χ3n) is 5.38. The van der Waals surface area contributed by atoms with Gasteiger partial charge in [-0.25, -0.2) is 15.0 Å². The summed E-state index contributed by atoms with van der Waals surface area (Å²) in [6.07, 6.45) is 6.40. The Kier molecular flexibility index (Phi) is 6.32. The maximum Gasteiger partial charge on any atom is 0.243 e. The van der Waals surface area contributed by atoms with Crippen LogP contribution in [-0.4, -0.2) is 58.2 Å². The fraction of sp³-hybridized carbons (Fsp3) is 0.409. The molecule has 1 fully saturated rings. The molecule has 0 aliphatic carbocycles. The van der Waals surface area contributed by atoms with Gasteiger partial charge in [0.1, 0.15) is 0 Å². The number of carbonyl (C=O) groups is 2. The number of benzene rings is 1. The summed E-state index contributed by atoms with van der Waals surface area (Å²) < 4.78 is 0. The Bertz CT molecular complexity index is 902. The van der Waals surface area contributed by atoms with Gasteiger partial charge in [-0.05, 0) is 24.5 Å². The van der Waals surface area contributed by atoms with E-state index in [4.69, 9.17) is 0 Å². The molecule has 0 radical (unpaired) electrons. The molecule has 3 heterocycles. The van der Waals surface area contributed by atoms with E-state index in [1.54, 1.807) is 18.5 Å². The van der Waals surface area contributed by atoms with Gasteiger partial charge in [-0.15, -0.1) is 0 Å². The van der Waals surface area contributed by atoms with E-state index in [-0.39, 0.29) is 30.7 Å². The van der Waals surface area contributed by atoms with E-state index in [1.807, 2.05) is 30.3 Å². The monoisotopic (exact) mass is 406 g/mol. The molecule has 2 aliphatic heterocycles. The van der Waals surface area contributed by atoms with Crippen molar-refractivity contribution in [1.82, 2.24) is 20.3 Å². The molecule has 2 aromatic rings. The van der Waals surface area contributed by atoms with Crippen LogP contribution in [0.5, 0.6) is 0 Å². The predicted molar refractivity (Wildman–Crippen MR) is 114 cm³/mol. The van der Waals surface area contributed by atoms with Crippen molar-refractivity contribution in [3.05, 3.63) is 54.4 Å². The van der Waals surface area contributed by atoms with E-state index in [0.29, 0.717) is 19.0 Å². The molecule has 1 saturated heterocycles. The summed E-state index contributed by atoms with van der Waals surface area (Å²) >= 11 is 0. The quantitative estimate of drug-likeness (QED) is 0.792. The van der Waals surface area contributed by atoms with Crippen molar-refractivity contribution >= 4 is 23.5 Å². The van der Waals surface area contributed by atoms with Crippen molar-refractivity contribution in [1.29, 1.82) is 0 Å². The largest absolute Gasteiger partial charge is 0.352 e. The second kappa shape index (κ2) is 9.47. The SMILES string of the molecule is O=C(CCC(=O)N1CCC(c2ccccc2)=N1)NC1CCCN(c2ncccn2)C1. The molecule has 1 N–H and O–H groups in total. The number of anilines is 1. The maximum absolute atomic E-state index is 12.5. The predicted octanol–water partition coefficient (Wildman–Crippen LogP) is 1.98. The van der Waals surface area contributed by atoms with Gasteiger partial charge >= 0.3 is 0 Å². The third kappa shape index (κ3) is 5.00. The number of nitrogens with one attached hydrogen (secondary N) is 1. The maximum atomic E-state index is 12.5. The van der Waals surface area contributed by atoms with E-state index in [1.165, 1.54) is 5.01 Å². The molecular formula is C22H26N6O2. The number of amides is 2. The van der Waals surface area contributed by atoms with E-state index in [0.717, 1.165) is 37.1 Å². The average molecular weight is 406 g/mol. The van der Waals surface area contributed by atoms with E-state index in [9.17, 15) is 9.59 Å². The summed E-state index contributed by atoms with van der Waals surface area (Å²) in [4.78, 5) is 35.5. The number of nitrogens with zero attached hydrogens (tertiary/aromatic N) is 5. The van der Waals surface area contributed by atoms with Gasteiger partial charge in [0.2, 0.25) is 17.8 Å². The topological polar surface area (TPSA) is 90.8 Å². The smallest absolute Gasteiger partial charge is 0.243 e. The molecule has 1 unspecified atom stereocenters. The van der Waals surface area contributed by atoms with Crippen LogP contribution in [0.3, 0.4) is 0 Å². The van der Waals surface area contributed by atoms with Gasteiger partial charge < -0.3 is 10.2 Å². The molecule has 2 amide bonds. The lowest BCUT2D eigenvalue weighted by Crippen LogP contribution is -2.48. The molecule has 8 heteroatoms. The molecule has 0 saturated carbocycles. The number of rotatable bonds is 6. The van der Waals surface area contributed by atoms with Gasteiger partial charge in [0, 0.05) is 50.8 Å². The highest BCUT2D eigenvalue weighted by Gasteiger charge is 2.25. The van der Waals surface area contributed by atoms with Gasteiger partial charge in [-0.2, -0.15) is 5.10 Å². The average Bonchev–Trinajstić information content (AvgIpc) is 3.29. The summed E-state index contributed by atoms with van der Waals surface area (Å²) in [5.41, 5.74) is 1.95. The van der Waals surface area contributed by atoms with Crippen LogP contribution in [0.25, 0.3) is 0 Å². The van der Waals surface area contributed by atoms with E-state index < -0.39 is 0 Å². The number of aromatic nitrogens is 2. The van der Waals surface area contributed by atoms with Crippen LogP contribution >= 0.6 is 0 Å². The first-order valence-corrected chi connectivity index (χ1v) is 10.4. The standard InChI is InChI=1S/C22H26N6O2/c29-20(25-18-8-4-14-27(16-18)22-23-12-5-13-24-22)9-10-21(30)28-15-11-19(26-28)17-6-2-1-3-7-17/h1-3,5-7,12-13,18H,4,8-11,14-16H2,(H,25,29). The fourth-order valence-electron chi connectivity index (χ4n) is 3.85. The molecule has 156 valence electrons. The summed E-state index contributed by atoms with van der Waals surface area (Å²) in [5, 5.41) is 8.99. The van der Waals surface area contributed by atoms with Crippen LogP contribution in [0.2, 0.25) is 0 Å².